The summed E-state index contributed by atoms with van der Waals surface area (Å²) in [6.45, 7) is 4.35. The minimum atomic E-state index is -0.582. The van der Waals surface area contributed by atoms with Crippen molar-refractivity contribution in [2.24, 2.45) is 0 Å². The van der Waals surface area contributed by atoms with Crippen LogP contribution in [0.4, 0.5) is 0 Å². The topological polar surface area (TPSA) is 20.2 Å². The van der Waals surface area contributed by atoms with E-state index in [0.29, 0.717) is 5.92 Å². The van der Waals surface area contributed by atoms with E-state index < -0.39 is 6.10 Å². The van der Waals surface area contributed by atoms with Crippen molar-refractivity contribution in [1.82, 2.24) is 0 Å². The van der Waals surface area contributed by atoms with E-state index in [1.807, 2.05) is 42.5 Å². The first-order valence-corrected chi connectivity index (χ1v) is 8.08. The van der Waals surface area contributed by atoms with Crippen LogP contribution in [0.3, 0.4) is 0 Å². The first-order valence-electron chi connectivity index (χ1n) is 8.08. The number of rotatable bonds is 4. The van der Waals surface area contributed by atoms with Crippen LogP contribution < -0.4 is 0 Å². The summed E-state index contributed by atoms with van der Waals surface area (Å²) in [5.74, 6) is 0.506. The van der Waals surface area contributed by atoms with E-state index in [9.17, 15) is 5.11 Å². The molecule has 3 rings (SSSR count). The third kappa shape index (κ3) is 3.52. The van der Waals surface area contributed by atoms with Crippen LogP contribution in [-0.4, -0.2) is 5.11 Å². The van der Waals surface area contributed by atoms with Crippen LogP contribution in [0.2, 0.25) is 0 Å². The summed E-state index contributed by atoms with van der Waals surface area (Å²) in [5, 5.41) is 10.6. The van der Waals surface area contributed by atoms with Gasteiger partial charge in [0.25, 0.3) is 0 Å². The Kier molecular flexibility index (Phi) is 4.59. The predicted molar refractivity (Wildman–Crippen MR) is 96.5 cm³/mol. The molecule has 0 aliphatic carbocycles. The lowest BCUT2D eigenvalue weighted by Crippen LogP contribution is -2.00. The number of hydrogen-bond acceptors (Lipinski definition) is 1. The molecule has 0 aliphatic rings. The maximum Gasteiger partial charge on any atom is 0.104 e. The van der Waals surface area contributed by atoms with Crippen molar-refractivity contribution in [3.8, 4) is 11.1 Å². The monoisotopic (exact) mass is 302 g/mol. The molecule has 0 aliphatic heterocycles. The molecular formula is C22H22O. The third-order valence-electron chi connectivity index (χ3n) is 4.25. The second kappa shape index (κ2) is 6.80. The van der Waals surface area contributed by atoms with Crippen molar-refractivity contribution in [1.29, 1.82) is 0 Å². The molecule has 0 heterocycles. The Morgan fingerprint density at radius 3 is 1.52 bits per heavy atom. The first-order chi connectivity index (χ1) is 11.1. The maximum absolute atomic E-state index is 10.6. The SMILES string of the molecule is CC(C)c1ccc([C@H](O)c2ccc(-c3ccccc3)cc2)cc1. The highest BCUT2D eigenvalue weighted by molar-refractivity contribution is 5.63. The minimum absolute atomic E-state index is 0.506. The molecule has 0 unspecified atom stereocenters. The van der Waals surface area contributed by atoms with Crippen molar-refractivity contribution in [3.05, 3.63) is 95.6 Å². The van der Waals surface area contributed by atoms with Gasteiger partial charge in [-0.05, 0) is 33.7 Å². The summed E-state index contributed by atoms with van der Waals surface area (Å²) in [7, 11) is 0. The van der Waals surface area contributed by atoms with E-state index in [-0.39, 0.29) is 0 Å². The van der Waals surface area contributed by atoms with Gasteiger partial charge < -0.3 is 5.11 Å². The normalized spacial score (nSPS) is 12.3. The second-order valence-corrected chi connectivity index (χ2v) is 6.21. The molecule has 23 heavy (non-hydrogen) atoms. The van der Waals surface area contributed by atoms with Crippen molar-refractivity contribution in [2.45, 2.75) is 25.9 Å². The van der Waals surface area contributed by atoms with Crippen LogP contribution in [0, 0.1) is 0 Å². The van der Waals surface area contributed by atoms with Gasteiger partial charge in [-0.25, -0.2) is 0 Å². The summed E-state index contributed by atoms with van der Waals surface area (Å²) >= 11 is 0. The molecule has 3 aromatic carbocycles. The van der Waals surface area contributed by atoms with E-state index in [4.69, 9.17) is 0 Å². The fourth-order valence-electron chi connectivity index (χ4n) is 2.74. The Balaban J connectivity index is 1.81. The highest BCUT2D eigenvalue weighted by Gasteiger charge is 2.11. The number of benzene rings is 3. The molecule has 0 spiro atoms. The van der Waals surface area contributed by atoms with Crippen molar-refractivity contribution in [3.63, 3.8) is 0 Å². The van der Waals surface area contributed by atoms with Crippen LogP contribution in [0.1, 0.15) is 42.6 Å². The standard InChI is InChI=1S/C22H22O/c1-16(2)17-8-12-20(13-9-17)22(23)21-14-10-19(11-15-21)18-6-4-3-5-7-18/h3-16,22-23H,1-2H3/t22-/m0/s1. The summed E-state index contributed by atoms with van der Waals surface area (Å²) < 4.78 is 0. The zero-order valence-electron chi connectivity index (χ0n) is 13.6. The van der Waals surface area contributed by atoms with Crippen LogP contribution in [-0.2, 0) is 0 Å². The van der Waals surface area contributed by atoms with Crippen molar-refractivity contribution < 1.29 is 5.11 Å². The van der Waals surface area contributed by atoms with Gasteiger partial charge in [-0.2, -0.15) is 0 Å². The Bertz CT molecular complexity index is 740. The maximum atomic E-state index is 10.6. The average molecular weight is 302 g/mol. The molecule has 0 saturated carbocycles. The molecule has 0 bridgehead atoms. The summed E-state index contributed by atoms with van der Waals surface area (Å²) in [6, 6.07) is 26.6. The highest BCUT2D eigenvalue weighted by Crippen LogP contribution is 2.26. The molecule has 0 radical (unpaired) electrons. The van der Waals surface area contributed by atoms with Crippen molar-refractivity contribution >= 4 is 0 Å². The minimum Gasteiger partial charge on any atom is -0.384 e. The molecule has 0 fully saturated rings. The van der Waals surface area contributed by atoms with Crippen LogP contribution in [0.5, 0.6) is 0 Å². The van der Waals surface area contributed by atoms with Gasteiger partial charge in [-0.1, -0.05) is 92.7 Å². The summed E-state index contributed by atoms with van der Waals surface area (Å²) in [6.07, 6.45) is -0.582. The third-order valence-corrected chi connectivity index (χ3v) is 4.25. The Morgan fingerprint density at radius 2 is 1.00 bits per heavy atom. The van der Waals surface area contributed by atoms with Gasteiger partial charge in [0.05, 0.1) is 0 Å². The van der Waals surface area contributed by atoms with Gasteiger partial charge in [-0.15, -0.1) is 0 Å². The van der Waals surface area contributed by atoms with Gasteiger partial charge in [0.1, 0.15) is 6.10 Å². The molecule has 0 amide bonds. The van der Waals surface area contributed by atoms with Gasteiger partial charge in [0, 0.05) is 0 Å². The zero-order valence-corrected chi connectivity index (χ0v) is 13.6. The number of hydrogen-bond donors (Lipinski definition) is 1. The largest absolute Gasteiger partial charge is 0.384 e. The van der Waals surface area contributed by atoms with Crippen molar-refractivity contribution in [2.75, 3.05) is 0 Å². The Morgan fingerprint density at radius 1 is 0.565 bits per heavy atom. The number of aliphatic hydroxyl groups excluding tert-OH is 1. The lowest BCUT2D eigenvalue weighted by Gasteiger charge is -2.14. The van der Waals surface area contributed by atoms with E-state index in [1.165, 1.54) is 11.1 Å². The summed E-state index contributed by atoms with van der Waals surface area (Å²) in [4.78, 5) is 0. The van der Waals surface area contributed by atoms with Crippen LogP contribution >= 0.6 is 0 Å². The smallest absolute Gasteiger partial charge is 0.104 e. The Labute approximate surface area is 138 Å². The fourth-order valence-corrected chi connectivity index (χ4v) is 2.74. The van der Waals surface area contributed by atoms with E-state index in [0.717, 1.165) is 16.7 Å². The average Bonchev–Trinajstić information content (AvgIpc) is 2.62. The zero-order chi connectivity index (χ0) is 16.2. The van der Waals surface area contributed by atoms with E-state index in [1.54, 1.807) is 0 Å². The van der Waals surface area contributed by atoms with Crippen LogP contribution in [0.25, 0.3) is 11.1 Å². The molecule has 1 heteroatoms. The highest BCUT2D eigenvalue weighted by atomic mass is 16.3. The number of aliphatic hydroxyl groups is 1. The fraction of sp³-hybridized carbons (Fsp3) is 0.182. The van der Waals surface area contributed by atoms with E-state index in [2.05, 4.69) is 50.2 Å². The van der Waals surface area contributed by atoms with Gasteiger partial charge >= 0.3 is 0 Å². The molecular weight excluding hydrogens is 280 g/mol. The van der Waals surface area contributed by atoms with Crippen LogP contribution in [0.15, 0.2) is 78.9 Å². The quantitative estimate of drug-likeness (QED) is 0.669. The molecule has 1 N–H and O–H groups in total. The predicted octanol–water partition coefficient (Wildman–Crippen LogP) is 5.56. The lowest BCUT2D eigenvalue weighted by molar-refractivity contribution is 0.220. The molecule has 0 aromatic heterocycles. The second-order valence-electron chi connectivity index (χ2n) is 6.21. The van der Waals surface area contributed by atoms with Gasteiger partial charge in [0.15, 0.2) is 0 Å². The summed E-state index contributed by atoms with van der Waals surface area (Å²) in [5.41, 5.74) is 5.50. The molecule has 116 valence electrons. The Hall–Kier alpha value is -2.38. The van der Waals surface area contributed by atoms with Gasteiger partial charge in [0.2, 0.25) is 0 Å². The molecule has 1 nitrogen and oxygen atoms in total. The molecule has 3 aromatic rings. The van der Waals surface area contributed by atoms with Gasteiger partial charge in [-0.3, -0.25) is 0 Å². The first kappa shape index (κ1) is 15.5. The molecule has 1 atom stereocenters. The molecule has 0 saturated heterocycles. The lowest BCUT2D eigenvalue weighted by atomic mass is 9.96. The van der Waals surface area contributed by atoms with E-state index >= 15 is 0 Å².